The third-order valence-corrected chi connectivity index (χ3v) is 2.43. The van der Waals surface area contributed by atoms with Crippen LogP contribution in [0.5, 0.6) is 5.75 Å². The van der Waals surface area contributed by atoms with E-state index >= 15 is 0 Å². The standard InChI is InChI=1S/C14H20N2O4/c1-9(2)7-20-14(18)10-4-5-12(11(15)6-10)19-8-13(17)16-3/h4-6,9H,7-8,15H2,1-3H3,(H,16,17). The first-order chi connectivity index (χ1) is 9.43. The van der Waals surface area contributed by atoms with E-state index in [1.54, 1.807) is 12.1 Å². The zero-order chi connectivity index (χ0) is 15.1. The molecule has 0 atom stereocenters. The van der Waals surface area contributed by atoms with Crippen molar-refractivity contribution in [3.63, 3.8) is 0 Å². The highest BCUT2D eigenvalue weighted by atomic mass is 16.5. The maximum atomic E-state index is 11.7. The highest BCUT2D eigenvalue weighted by molar-refractivity contribution is 5.91. The Hall–Kier alpha value is -2.24. The number of hydrogen-bond acceptors (Lipinski definition) is 5. The molecule has 110 valence electrons. The van der Waals surface area contributed by atoms with E-state index in [1.165, 1.54) is 13.1 Å². The number of likely N-dealkylation sites (N-methyl/N-ethyl adjacent to an activating group) is 1. The third-order valence-electron chi connectivity index (χ3n) is 2.43. The van der Waals surface area contributed by atoms with E-state index in [2.05, 4.69) is 5.32 Å². The SMILES string of the molecule is CNC(=O)COc1ccc(C(=O)OCC(C)C)cc1N. The van der Waals surface area contributed by atoms with Crippen molar-refractivity contribution in [1.82, 2.24) is 5.32 Å². The van der Waals surface area contributed by atoms with Crippen molar-refractivity contribution in [2.75, 3.05) is 26.0 Å². The van der Waals surface area contributed by atoms with Crippen LogP contribution in [0.25, 0.3) is 0 Å². The molecule has 0 fully saturated rings. The summed E-state index contributed by atoms with van der Waals surface area (Å²) in [6, 6.07) is 4.57. The zero-order valence-electron chi connectivity index (χ0n) is 11.9. The summed E-state index contributed by atoms with van der Waals surface area (Å²) in [4.78, 5) is 22.8. The van der Waals surface area contributed by atoms with Gasteiger partial charge in [-0.25, -0.2) is 4.79 Å². The van der Waals surface area contributed by atoms with Crippen LogP contribution in [-0.4, -0.2) is 32.1 Å². The average Bonchev–Trinajstić information content (AvgIpc) is 2.42. The van der Waals surface area contributed by atoms with Crippen LogP contribution in [0.2, 0.25) is 0 Å². The van der Waals surface area contributed by atoms with Crippen LogP contribution in [0.1, 0.15) is 24.2 Å². The number of carbonyl (C=O) groups is 2. The van der Waals surface area contributed by atoms with Crippen molar-refractivity contribution < 1.29 is 19.1 Å². The fourth-order valence-electron chi connectivity index (χ4n) is 1.35. The number of carbonyl (C=O) groups excluding carboxylic acids is 2. The minimum atomic E-state index is -0.428. The lowest BCUT2D eigenvalue weighted by atomic mass is 10.2. The molecule has 1 amide bonds. The van der Waals surface area contributed by atoms with Gasteiger partial charge in [-0.3, -0.25) is 4.79 Å². The summed E-state index contributed by atoms with van der Waals surface area (Å²) in [7, 11) is 1.52. The summed E-state index contributed by atoms with van der Waals surface area (Å²) in [5.41, 5.74) is 6.42. The van der Waals surface area contributed by atoms with Crippen LogP contribution in [-0.2, 0) is 9.53 Å². The predicted octanol–water partition coefficient (Wildman–Crippen LogP) is 1.21. The van der Waals surface area contributed by atoms with Crippen LogP contribution in [0.3, 0.4) is 0 Å². The number of nitrogens with two attached hydrogens (primary N) is 1. The van der Waals surface area contributed by atoms with E-state index in [9.17, 15) is 9.59 Å². The molecule has 0 aliphatic rings. The average molecular weight is 280 g/mol. The monoisotopic (exact) mass is 280 g/mol. The van der Waals surface area contributed by atoms with Gasteiger partial charge in [0.25, 0.3) is 5.91 Å². The Morgan fingerprint density at radius 2 is 2.05 bits per heavy atom. The van der Waals surface area contributed by atoms with Gasteiger partial charge in [0.15, 0.2) is 6.61 Å². The molecule has 1 aromatic rings. The summed E-state index contributed by atoms with van der Waals surface area (Å²) >= 11 is 0. The fourth-order valence-corrected chi connectivity index (χ4v) is 1.35. The number of ether oxygens (including phenoxy) is 2. The molecule has 0 aliphatic carbocycles. The number of benzene rings is 1. The Kier molecular flexibility index (Phi) is 5.83. The lowest BCUT2D eigenvalue weighted by Gasteiger charge is -2.10. The Bertz CT molecular complexity index is 486. The van der Waals surface area contributed by atoms with E-state index in [-0.39, 0.29) is 24.1 Å². The highest BCUT2D eigenvalue weighted by Gasteiger charge is 2.11. The van der Waals surface area contributed by atoms with Crippen LogP contribution in [0, 0.1) is 5.92 Å². The molecule has 3 N–H and O–H groups in total. The maximum Gasteiger partial charge on any atom is 0.338 e. The molecule has 0 radical (unpaired) electrons. The number of nitrogen functional groups attached to an aromatic ring is 1. The lowest BCUT2D eigenvalue weighted by molar-refractivity contribution is -0.122. The van der Waals surface area contributed by atoms with Crippen LogP contribution in [0.15, 0.2) is 18.2 Å². The minimum Gasteiger partial charge on any atom is -0.482 e. The van der Waals surface area contributed by atoms with Crippen molar-refractivity contribution in [1.29, 1.82) is 0 Å². The molecule has 0 aromatic heterocycles. The number of anilines is 1. The van der Waals surface area contributed by atoms with Gasteiger partial charge in [-0.15, -0.1) is 0 Å². The minimum absolute atomic E-state index is 0.127. The second-order valence-corrected chi connectivity index (χ2v) is 4.71. The number of rotatable bonds is 6. The first kappa shape index (κ1) is 15.8. The van der Waals surface area contributed by atoms with Crippen LogP contribution in [0.4, 0.5) is 5.69 Å². The van der Waals surface area contributed by atoms with Gasteiger partial charge in [0.2, 0.25) is 0 Å². The Morgan fingerprint density at radius 1 is 1.35 bits per heavy atom. The van der Waals surface area contributed by atoms with E-state index in [0.717, 1.165) is 0 Å². The highest BCUT2D eigenvalue weighted by Crippen LogP contribution is 2.23. The molecular weight excluding hydrogens is 260 g/mol. The summed E-state index contributed by atoms with van der Waals surface area (Å²) in [6.45, 7) is 4.14. The van der Waals surface area contributed by atoms with Gasteiger partial charge in [-0.1, -0.05) is 13.8 Å². The van der Waals surface area contributed by atoms with Crippen molar-refractivity contribution in [3.8, 4) is 5.75 Å². The van der Waals surface area contributed by atoms with Gasteiger partial charge in [0.1, 0.15) is 5.75 Å². The molecule has 0 saturated carbocycles. The number of nitrogens with one attached hydrogen (secondary N) is 1. The molecule has 0 unspecified atom stereocenters. The van der Waals surface area contributed by atoms with Crippen molar-refractivity contribution >= 4 is 17.6 Å². The van der Waals surface area contributed by atoms with Gasteiger partial charge >= 0.3 is 5.97 Å². The van der Waals surface area contributed by atoms with Crippen molar-refractivity contribution in [3.05, 3.63) is 23.8 Å². The Balaban J connectivity index is 2.67. The molecule has 0 saturated heterocycles. The number of amides is 1. The van der Waals surface area contributed by atoms with E-state index in [4.69, 9.17) is 15.2 Å². The second-order valence-electron chi connectivity index (χ2n) is 4.71. The van der Waals surface area contributed by atoms with Crippen molar-refractivity contribution in [2.45, 2.75) is 13.8 Å². The van der Waals surface area contributed by atoms with Crippen LogP contribution >= 0.6 is 0 Å². The number of hydrogen-bond donors (Lipinski definition) is 2. The predicted molar refractivity (Wildman–Crippen MR) is 75.5 cm³/mol. The van der Waals surface area contributed by atoms with E-state index < -0.39 is 5.97 Å². The molecule has 20 heavy (non-hydrogen) atoms. The Labute approximate surface area is 118 Å². The Morgan fingerprint density at radius 3 is 2.60 bits per heavy atom. The fraction of sp³-hybridized carbons (Fsp3) is 0.429. The second kappa shape index (κ2) is 7.37. The summed E-state index contributed by atoms with van der Waals surface area (Å²) in [6.07, 6.45) is 0. The van der Waals surface area contributed by atoms with Gasteiger partial charge in [-0.05, 0) is 24.1 Å². The molecular formula is C14H20N2O4. The van der Waals surface area contributed by atoms with Gasteiger partial charge in [0.05, 0.1) is 17.9 Å². The first-order valence-electron chi connectivity index (χ1n) is 6.34. The van der Waals surface area contributed by atoms with Gasteiger partial charge in [-0.2, -0.15) is 0 Å². The molecule has 6 heteroatoms. The van der Waals surface area contributed by atoms with E-state index in [1.807, 2.05) is 13.8 Å². The molecule has 0 aliphatic heterocycles. The summed E-state index contributed by atoms with van der Waals surface area (Å²) in [5.74, 6) is -0.0615. The summed E-state index contributed by atoms with van der Waals surface area (Å²) < 4.78 is 10.3. The molecule has 6 nitrogen and oxygen atoms in total. The normalized spacial score (nSPS) is 10.2. The lowest BCUT2D eigenvalue weighted by Crippen LogP contribution is -2.25. The first-order valence-corrected chi connectivity index (χ1v) is 6.34. The smallest absolute Gasteiger partial charge is 0.338 e. The van der Waals surface area contributed by atoms with Gasteiger partial charge in [0, 0.05) is 7.05 Å². The molecule has 0 bridgehead atoms. The molecule has 0 heterocycles. The van der Waals surface area contributed by atoms with Crippen molar-refractivity contribution in [2.24, 2.45) is 5.92 Å². The third kappa shape index (κ3) is 4.79. The largest absolute Gasteiger partial charge is 0.482 e. The van der Waals surface area contributed by atoms with Crippen LogP contribution < -0.4 is 15.8 Å². The molecule has 0 spiro atoms. The maximum absolute atomic E-state index is 11.7. The summed E-state index contributed by atoms with van der Waals surface area (Å²) in [5, 5.41) is 2.43. The van der Waals surface area contributed by atoms with Gasteiger partial charge < -0.3 is 20.5 Å². The number of esters is 1. The van der Waals surface area contributed by atoms with E-state index in [0.29, 0.717) is 17.9 Å². The molecule has 1 aromatic carbocycles. The molecule has 1 rings (SSSR count). The topological polar surface area (TPSA) is 90.6 Å². The quantitative estimate of drug-likeness (QED) is 0.603. The zero-order valence-corrected chi connectivity index (χ0v) is 11.9.